The van der Waals surface area contributed by atoms with Crippen LogP contribution in [0.1, 0.15) is 45.4 Å². The highest BCUT2D eigenvalue weighted by molar-refractivity contribution is 5.81. The van der Waals surface area contributed by atoms with Crippen LogP contribution in [0.25, 0.3) is 0 Å². The largest absolute Gasteiger partial charge is 0.338 e. The number of carbonyl (C=O) groups excluding carboxylic acids is 1. The number of likely N-dealkylation sites (tertiary alicyclic amines) is 2. The molecule has 5 nitrogen and oxygen atoms in total. The SMILES string of the molecule is CC(C(=O)N1CCN(C)C2(CCN(C)CC2)C1)N1CCCCCC1. The van der Waals surface area contributed by atoms with Crippen molar-refractivity contribution in [1.82, 2.24) is 19.6 Å². The van der Waals surface area contributed by atoms with Gasteiger partial charge in [-0.15, -0.1) is 0 Å². The van der Waals surface area contributed by atoms with Gasteiger partial charge in [-0.3, -0.25) is 14.6 Å². The Morgan fingerprint density at radius 2 is 1.50 bits per heavy atom. The maximum absolute atomic E-state index is 13.2. The van der Waals surface area contributed by atoms with E-state index in [1.54, 1.807) is 0 Å². The summed E-state index contributed by atoms with van der Waals surface area (Å²) in [6.45, 7) is 9.45. The molecule has 3 aliphatic rings. The Kier molecular flexibility index (Phi) is 5.83. The molecule has 24 heavy (non-hydrogen) atoms. The van der Waals surface area contributed by atoms with Crippen molar-refractivity contribution < 1.29 is 4.79 Å². The Morgan fingerprint density at radius 1 is 0.875 bits per heavy atom. The van der Waals surface area contributed by atoms with Crippen molar-refractivity contribution in [3.63, 3.8) is 0 Å². The zero-order valence-corrected chi connectivity index (χ0v) is 16.0. The van der Waals surface area contributed by atoms with Gasteiger partial charge in [0.1, 0.15) is 0 Å². The van der Waals surface area contributed by atoms with Crippen LogP contribution in [0.2, 0.25) is 0 Å². The van der Waals surface area contributed by atoms with E-state index in [2.05, 4.69) is 40.6 Å². The predicted molar refractivity (Wildman–Crippen MR) is 98.2 cm³/mol. The average Bonchev–Trinajstić information content (AvgIpc) is 2.88. The number of hydrogen-bond donors (Lipinski definition) is 0. The third kappa shape index (κ3) is 3.78. The minimum atomic E-state index is 0.0508. The summed E-state index contributed by atoms with van der Waals surface area (Å²) in [5.74, 6) is 0.364. The summed E-state index contributed by atoms with van der Waals surface area (Å²) in [6.07, 6.45) is 7.50. The molecule has 0 aromatic carbocycles. The van der Waals surface area contributed by atoms with Gasteiger partial charge >= 0.3 is 0 Å². The molecule has 1 amide bonds. The van der Waals surface area contributed by atoms with Crippen molar-refractivity contribution in [2.75, 3.05) is 59.9 Å². The molecule has 3 rings (SSSR count). The van der Waals surface area contributed by atoms with Crippen LogP contribution in [0.5, 0.6) is 0 Å². The Bertz CT molecular complexity index is 425. The molecule has 0 aromatic heterocycles. The minimum absolute atomic E-state index is 0.0508. The maximum Gasteiger partial charge on any atom is 0.239 e. The smallest absolute Gasteiger partial charge is 0.239 e. The van der Waals surface area contributed by atoms with Crippen molar-refractivity contribution in [2.24, 2.45) is 0 Å². The van der Waals surface area contributed by atoms with Crippen molar-refractivity contribution >= 4 is 5.91 Å². The average molecular weight is 337 g/mol. The lowest BCUT2D eigenvalue weighted by atomic mass is 9.83. The second kappa shape index (κ2) is 7.71. The summed E-state index contributed by atoms with van der Waals surface area (Å²) in [7, 11) is 4.46. The van der Waals surface area contributed by atoms with Gasteiger partial charge in [-0.05, 0) is 72.9 Å². The van der Waals surface area contributed by atoms with Gasteiger partial charge in [-0.25, -0.2) is 0 Å². The summed E-state index contributed by atoms with van der Waals surface area (Å²) < 4.78 is 0. The Morgan fingerprint density at radius 3 is 2.12 bits per heavy atom. The van der Waals surface area contributed by atoms with Crippen molar-refractivity contribution in [2.45, 2.75) is 57.0 Å². The van der Waals surface area contributed by atoms with E-state index in [1.165, 1.54) is 38.5 Å². The lowest BCUT2D eigenvalue weighted by molar-refractivity contribution is -0.143. The van der Waals surface area contributed by atoms with Crippen LogP contribution in [0.4, 0.5) is 0 Å². The topological polar surface area (TPSA) is 30.0 Å². The normalized spacial score (nSPS) is 28.7. The van der Waals surface area contributed by atoms with Crippen LogP contribution in [0.3, 0.4) is 0 Å². The number of piperidine rings is 1. The van der Waals surface area contributed by atoms with Gasteiger partial charge < -0.3 is 9.80 Å². The first-order chi connectivity index (χ1) is 11.5. The van der Waals surface area contributed by atoms with E-state index in [1.807, 2.05) is 0 Å². The van der Waals surface area contributed by atoms with Crippen LogP contribution in [-0.2, 0) is 4.79 Å². The predicted octanol–water partition coefficient (Wildman–Crippen LogP) is 1.49. The number of piperazine rings is 1. The first-order valence-electron chi connectivity index (χ1n) is 9.94. The number of hydrogen-bond acceptors (Lipinski definition) is 4. The zero-order valence-electron chi connectivity index (χ0n) is 16.0. The van der Waals surface area contributed by atoms with Crippen molar-refractivity contribution in [3.8, 4) is 0 Å². The van der Waals surface area contributed by atoms with Crippen LogP contribution in [0, 0.1) is 0 Å². The third-order valence-corrected chi connectivity index (χ3v) is 6.78. The van der Waals surface area contributed by atoms with Gasteiger partial charge in [-0.2, -0.15) is 0 Å². The van der Waals surface area contributed by atoms with Gasteiger partial charge in [0, 0.05) is 25.2 Å². The molecule has 0 aromatic rings. The molecular formula is C19H36N4O. The fourth-order valence-electron chi connectivity index (χ4n) is 4.73. The first kappa shape index (κ1) is 18.2. The molecule has 0 radical (unpaired) electrons. The second-order valence-corrected chi connectivity index (χ2v) is 8.34. The van der Waals surface area contributed by atoms with Gasteiger partial charge in [-0.1, -0.05) is 12.8 Å². The van der Waals surface area contributed by atoms with E-state index in [0.29, 0.717) is 5.91 Å². The van der Waals surface area contributed by atoms with E-state index in [4.69, 9.17) is 0 Å². The third-order valence-electron chi connectivity index (χ3n) is 6.78. The molecule has 3 heterocycles. The molecule has 5 heteroatoms. The number of nitrogens with zero attached hydrogens (tertiary/aromatic N) is 4. The maximum atomic E-state index is 13.2. The first-order valence-corrected chi connectivity index (χ1v) is 9.94. The van der Waals surface area contributed by atoms with Crippen molar-refractivity contribution in [3.05, 3.63) is 0 Å². The van der Waals surface area contributed by atoms with E-state index in [9.17, 15) is 4.79 Å². The molecule has 1 atom stereocenters. The highest BCUT2D eigenvalue weighted by Crippen LogP contribution is 2.31. The fourth-order valence-corrected chi connectivity index (χ4v) is 4.73. The number of carbonyl (C=O) groups is 1. The molecule has 1 unspecified atom stereocenters. The van der Waals surface area contributed by atoms with Crippen LogP contribution < -0.4 is 0 Å². The minimum Gasteiger partial charge on any atom is -0.338 e. The van der Waals surface area contributed by atoms with E-state index < -0.39 is 0 Å². The summed E-state index contributed by atoms with van der Waals surface area (Å²) in [4.78, 5) is 22.7. The van der Waals surface area contributed by atoms with Gasteiger partial charge in [0.25, 0.3) is 0 Å². The molecule has 0 bridgehead atoms. The van der Waals surface area contributed by atoms with E-state index in [0.717, 1.165) is 45.8 Å². The quantitative estimate of drug-likeness (QED) is 0.764. The molecule has 0 saturated carbocycles. The number of likely N-dealkylation sites (N-methyl/N-ethyl adjacent to an activating group) is 1. The van der Waals surface area contributed by atoms with Gasteiger partial charge in [0.05, 0.1) is 6.04 Å². The van der Waals surface area contributed by atoms with Gasteiger partial charge in [0.15, 0.2) is 0 Å². The fraction of sp³-hybridized carbons (Fsp3) is 0.947. The summed E-state index contributed by atoms with van der Waals surface area (Å²) in [6, 6.07) is 0.0508. The van der Waals surface area contributed by atoms with Gasteiger partial charge in [0.2, 0.25) is 5.91 Å². The molecule has 1 spiro atoms. The lowest BCUT2D eigenvalue weighted by Crippen LogP contribution is -2.66. The van der Waals surface area contributed by atoms with E-state index >= 15 is 0 Å². The van der Waals surface area contributed by atoms with Crippen molar-refractivity contribution in [1.29, 1.82) is 0 Å². The molecule has 138 valence electrons. The van der Waals surface area contributed by atoms with Crippen LogP contribution in [0.15, 0.2) is 0 Å². The Hall–Kier alpha value is -0.650. The number of amides is 1. The molecule has 3 saturated heterocycles. The lowest BCUT2D eigenvalue weighted by Gasteiger charge is -2.53. The molecule has 3 fully saturated rings. The monoisotopic (exact) mass is 336 g/mol. The molecule has 0 N–H and O–H groups in total. The second-order valence-electron chi connectivity index (χ2n) is 8.34. The molecular weight excluding hydrogens is 300 g/mol. The summed E-state index contributed by atoms with van der Waals surface area (Å²) >= 11 is 0. The van der Waals surface area contributed by atoms with Crippen LogP contribution in [-0.4, -0.2) is 97.0 Å². The number of rotatable bonds is 2. The molecule has 0 aliphatic carbocycles. The summed E-state index contributed by atoms with van der Waals surface area (Å²) in [5, 5.41) is 0. The van der Waals surface area contributed by atoms with E-state index in [-0.39, 0.29) is 11.6 Å². The Balaban J connectivity index is 1.64. The van der Waals surface area contributed by atoms with Crippen LogP contribution >= 0.6 is 0 Å². The Labute approximate surface area is 147 Å². The standard InChI is InChI=1S/C19H36N4O/c1-17(22-10-6-4-5-7-11-22)18(24)23-15-14-21(3)19(16-23)8-12-20(2)13-9-19/h17H,4-16H2,1-3H3. The summed E-state index contributed by atoms with van der Waals surface area (Å²) in [5.41, 5.74) is 0.207. The zero-order chi connectivity index (χ0) is 17.2. The highest BCUT2D eigenvalue weighted by Gasteiger charge is 2.43. The highest BCUT2D eigenvalue weighted by atomic mass is 16.2. The molecule has 3 aliphatic heterocycles.